The van der Waals surface area contributed by atoms with Crippen molar-refractivity contribution in [1.29, 1.82) is 0 Å². The number of hydrogen-bond donors (Lipinski definition) is 1. The average Bonchev–Trinajstić information content (AvgIpc) is 2.81. The number of rotatable bonds is 1. The molecular formula is C17H17BrN4O. The van der Waals surface area contributed by atoms with E-state index >= 15 is 0 Å². The van der Waals surface area contributed by atoms with Gasteiger partial charge in [0.15, 0.2) is 5.82 Å². The summed E-state index contributed by atoms with van der Waals surface area (Å²) in [6, 6.07) is 9.99. The third kappa shape index (κ3) is 2.32. The molecule has 118 valence electrons. The van der Waals surface area contributed by atoms with E-state index in [4.69, 9.17) is 0 Å². The van der Waals surface area contributed by atoms with Crippen molar-refractivity contribution in [2.75, 3.05) is 23.3 Å². The number of halogens is 1. The van der Waals surface area contributed by atoms with Crippen molar-refractivity contribution in [3.8, 4) is 0 Å². The summed E-state index contributed by atoms with van der Waals surface area (Å²) >= 11 is 3.52. The number of aromatic nitrogens is 2. The number of piperidine rings is 1. The van der Waals surface area contributed by atoms with Crippen molar-refractivity contribution in [1.82, 2.24) is 10.2 Å². The van der Waals surface area contributed by atoms with Crippen LogP contribution in [0.25, 0.3) is 0 Å². The van der Waals surface area contributed by atoms with Gasteiger partial charge in [0.2, 0.25) is 5.91 Å². The molecule has 3 heterocycles. The molecule has 1 aromatic heterocycles. The first-order valence-electron chi connectivity index (χ1n) is 7.75. The number of nitrogens with zero attached hydrogens (tertiary/aromatic N) is 3. The van der Waals surface area contributed by atoms with Gasteiger partial charge in [-0.05, 0) is 55.7 Å². The molecule has 4 rings (SSSR count). The van der Waals surface area contributed by atoms with E-state index in [-0.39, 0.29) is 5.91 Å². The Balaban J connectivity index is 1.61. The standard InChI is InChI=1S/C17H17BrN4O/c1-11-2-5-15(21-20-11)22-8-6-17(7-9-22)13-10-12(18)3-4-14(13)19-16(17)23/h2-5,10H,6-9H2,1H3,(H,19,23). The Labute approximate surface area is 143 Å². The highest BCUT2D eigenvalue weighted by Gasteiger charge is 2.48. The molecule has 0 atom stereocenters. The van der Waals surface area contributed by atoms with Gasteiger partial charge in [0.1, 0.15) is 0 Å². The number of fused-ring (bicyclic) bond motifs is 2. The first-order chi connectivity index (χ1) is 11.1. The molecule has 2 aliphatic rings. The van der Waals surface area contributed by atoms with Gasteiger partial charge in [-0.2, -0.15) is 5.10 Å². The van der Waals surface area contributed by atoms with E-state index < -0.39 is 5.41 Å². The molecule has 1 saturated heterocycles. The summed E-state index contributed by atoms with van der Waals surface area (Å²) < 4.78 is 1.01. The van der Waals surface area contributed by atoms with Crippen molar-refractivity contribution < 1.29 is 4.79 Å². The number of aryl methyl sites for hydroxylation is 1. The number of benzene rings is 1. The second kappa shape index (κ2) is 5.30. The third-order valence-corrected chi connectivity index (χ3v) is 5.40. The van der Waals surface area contributed by atoms with Gasteiger partial charge in [-0.3, -0.25) is 4.79 Å². The zero-order valence-electron chi connectivity index (χ0n) is 12.8. The smallest absolute Gasteiger partial charge is 0.235 e. The third-order valence-electron chi connectivity index (χ3n) is 4.90. The van der Waals surface area contributed by atoms with Gasteiger partial charge in [-0.15, -0.1) is 5.10 Å². The van der Waals surface area contributed by atoms with Crippen molar-refractivity contribution >= 4 is 33.3 Å². The van der Waals surface area contributed by atoms with Crippen LogP contribution in [-0.4, -0.2) is 29.2 Å². The van der Waals surface area contributed by atoms with Gasteiger partial charge in [-0.1, -0.05) is 15.9 Å². The number of anilines is 2. The second-order valence-electron chi connectivity index (χ2n) is 6.25. The zero-order chi connectivity index (χ0) is 16.0. The van der Waals surface area contributed by atoms with E-state index in [9.17, 15) is 4.79 Å². The van der Waals surface area contributed by atoms with E-state index in [2.05, 4.69) is 42.4 Å². The topological polar surface area (TPSA) is 58.1 Å². The predicted molar refractivity (Wildman–Crippen MR) is 92.7 cm³/mol. The van der Waals surface area contributed by atoms with Crippen LogP contribution in [0.5, 0.6) is 0 Å². The predicted octanol–water partition coefficient (Wildman–Crippen LogP) is 3.04. The summed E-state index contributed by atoms with van der Waals surface area (Å²) in [5, 5.41) is 11.4. The molecule has 1 N–H and O–H groups in total. The van der Waals surface area contributed by atoms with Crippen molar-refractivity contribution in [2.45, 2.75) is 25.2 Å². The first-order valence-corrected chi connectivity index (χ1v) is 8.55. The Morgan fingerprint density at radius 2 is 1.96 bits per heavy atom. The molecule has 5 nitrogen and oxygen atoms in total. The van der Waals surface area contributed by atoms with Gasteiger partial charge >= 0.3 is 0 Å². The van der Waals surface area contributed by atoms with Crippen LogP contribution in [0.2, 0.25) is 0 Å². The zero-order valence-corrected chi connectivity index (χ0v) is 14.4. The summed E-state index contributed by atoms with van der Waals surface area (Å²) in [6.07, 6.45) is 1.58. The number of hydrogen-bond acceptors (Lipinski definition) is 4. The molecule has 2 aromatic rings. The average molecular weight is 373 g/mol. The Kier molecular flexibility index (Phi) is 3.37. The van der Waals surface area contributed by atoms with Crippen LogP contribution in [0, 0.1) is 6.92 Å². The molecule has 0 radical (unpaired) electrons. The molecule has 1 spiro atoms. The monoisotopic (exact) mass is 372 g/mol. The normalized spacial score (nSPS) is 18.9. The molecule has 2 aliphatic heterocycles. The van der Waals surface area contributed by atoms with E-state index in [1.807, 2.05) is 31.2 Å². The van der Waals surface area contributed by atoms with Crippen molar-refractivity contribution in [3.63, 3.8) is 0 Å². The lowest BCUT2D eigenvalue weighted by Crippen LogP contribution is -2.46. The maximum absolute atomic E-state index is 12.6. The number of amides is 1. The lowest BCUT2D eigenvalue weighted by Gasteiger charge is -2.38. The Hall–Kier alpha value is -1.95. The van der Waals surface area contributed by atoms with Crippen LogP contribution < -0.4 is 10.2 Å². The van der Waals surface area contributed by atoms with Crippen molar-refractivity contribution in [3.05, 3.63) is 46.1 Å². The van der Waals surface area contributed by atoms with Crippen LogP contribution in [-0.2, 0) is 10.2 Å². The molecule has 1 aromatic carbocycles. The van der Waals surface area contributed by atoms with E-state index in [1.165, 1.54) is 0 Å². The van der Waals surface area contributed by atoms with Gasteiger partial charge in [0.25, 0.3) is 0 Å². The minimum absolute atomic E-state index is 0.125. The fraction of sp³-hybridized carbons (Fsp3) is 0.353. The Bertz CT molecular complexity index is 767. The summed E-state index contributed by atoms with van der Waals surface area (Å²) in [4.78, 5) is 14.8. The molecule has 0 bridgehead atoms. The molecule has 0 aliphatic carbocycles. The van der Waals surface area contributed by atoms with E-state index in [0.29, 0.717) is 0 Å². The maximum Gasteiger partial charge on any atom is 0.235 e. The molecular weight excluding hydrogens is 356 g/mol. The molecule has 6 heteroatoms. The Morgan fingerprint density at radius 1 is 1.17 bits per heavy atom. The highest BCUT2D eigenvalue weighted by atomic mass is 79.9. The SMILES string of the molecule is Cc1ccc(N2CCC3(CC2)C(=O)Nc2ccc(Br)cc23)nn1. The van der Waals surface area contributed by atoms with Gasteiger partial charge in [0, 0.05) is 23.2 Å². The van der Waals surface area contributed by atoms with E-state index in [1.54, 1.807) is 0 Å². The summed E-state index contributed by atoms with van der Waals surface area (Å²) in [6.45, 7) is 3.54. The van der Waals surface area contributed by atoms with Crippen LogP contribution in [0.15, 0.2) is 34.8 Å². The maximum atomic E-state index is 12.6. The van der Waals surface area contributed by atoms with Crippen LogP contribution in [0.3, 0.4) is 0 Å². The highest BCUT2D eigenvalue weighted by molar-refractivity contribution is 9.10. The minimum Gasteiger partial charge on any atom is -0.355 e. The highest BCUT2D eigenvalue weighted by Crippen LogP contribution is 2.46. The van der Waals surface area contributed by atoms with Crippen LogP contribution in [0.4, 0.5) is 11.5 Å². The molecule has 23 heavy (non-hydrogen) atoms. The first kappa shape index (κ1) is 14.6. The van der Waals surface area contributed by atoms with Gasteiger partial charge in [0.05, 0.1) is 11.1 Å². The Morgan fingerprint density at radius 3 is 2.65 bits per heavy atom. The van der Waals surface area contributed by atoms with Gasteiger partial charge in [-0.25, -0.2) is 0 Å². The van der Waals surface area contributed by atoms with Crippen LogP contribution in [0.1, 0.15) is 24.1 Å². The summed E-state index contributed by atoms with van der Waals surface area (Å²) in [5.41, 5.74) is 2.57. The molecule has 1 fully saturated rings. The summed E-state index contributed by atoms with van der Waals surface area (Å²) in [5.74, 6) is 1.01. The largest absolute Gasteiger partial charge is 0.355 e. The van der Waals surface area contributed by atoms with Gasteiger partial charge < -0.3 is 10.2 Å². The lowest BCUT2D eigenvalue weighted by molar-refractivity contribution is -0.121. The van der Waals surface area contributed by atoms with Crippen LogP contribution >= 0.6 is 15.9 Å². The number of nitrogens with one attached hydrogen (secondary N) is 1. The molecule has 0 saturated carbocycles. The summed E-state index contributed by atoms with van der Waals surface area (Å²) in [7, 11) is 0. The van der Waals surface area contributed by atoms with Crippen molar-refractivity contribution in [2.24, 2.45) is 0 Å². The fourth-order valence-electron chi connectivity index (χ4n) is 3.56. The minimum atomic E-state index is -0.409. The second-order valence-corrected chi connectivity index (χ2v) is 7.16. The number of carbonyl (C=O) groups is 1. The molecule has 1 amide bonds. The fourth-order valence-corrected chi connectivity index (χ4v) is 3.92. The van der Waals surface area contributed by atoms with E-state index in [0.717, 1.165) is 53.2 Å². The molecule has 0 unspecified atom stereocenters. The number of carbonyl (C=O) groups excluding carboxylic acids is 1. The quantitative estimate of drug-likeness (QED) is 0.835. The lowest BCUT2D eigenvalue weighted by atomic mass is 9.73.